The number of aliphatic imine (C=N–C) groups is 1. The summed E-state index contributed by atoms with van der Waals surface area (Å²) in [4.78, 5) is 19.1. The van der Waals surface area contributed by atoms with Gasteiger partial charge in [-0.25, -0.2) is 21.8 Å². The Morgan fingerprint density at radius 2 is 1.34 bits per heavy atom. The maximum atomic E-state index is 12.7. The quantitative estimate of drug-likeness (QED) is 0.509. The van der Waals surface area contributed by atoms with Gasteiger partial charge in [-0.15, -0.1) is 0 Å². The lowest BCUT2D eigenvalue weighted by atomic mass is 9.99. The standard InChI is InChI=1S/C20H14Cl2N2O6S2/c1-9-3-5-11(7-13(9)31(21,27)28)17-15-16(20(26)23-17)18(24-19(15)25)12-6-4-10(2)14(8-12)32(22,29)30/h3-8,23,26H,1-2H3. The van der Waals surface area contributed by atoms with Gasteiger partial charge in [-0.3, -0.25) is 4.79 Å². The number of nitrogens with one attached hydrogen (secondary N) is 1. The highest BCUT2D eigenvalue weighted by Gasteiger charge is 2.34. The Kier molecular flexibility index (Phi) is 5.24. The number of amides is 1. The van der Waals surface area contributed by atoms with E-state index in [0.29, 0.717) is 16.7 Å². The Hall–Kier alpha value is -2.66. The van der Waals surface area contributed by atoms with E-state index in [1.165, 1.54) is 24.3 Å². The maximum Gasteiger partial charge on any atom is 0.280 e. The number of aromatic hydroxyl groups is 1. The van der Waals surface area contributed by atoms with E-state index in [1.807, 2.05) is 0 Å². The molecule has 2 N–H and O–H groups in total. The van der Waals surface area contributed by atoms with Crippen molar-refractivity contribution in [3.05, 3.63) is 64.2 Å². The summed E-state index contributed by atoms with van der Waals surface area (Å²) in [6, 6.07) is 8.72. The van der Waals surface area contributed by atoms with Gasteiger partial charge in [-0.05, 0) is 37.1 Å². The van der Waals surface area contributed by atoms with Crippen molar-refractivity contribution in [2.45, 2.75) is 23.6 Å². The van der Waals surface area contributed by atoms with Crippen molar-refractivity contribution in [2.75, 3.05) is 0 Å². The number of H-pyrrole nitrogens is 1. The molecule has 1 aromatic heterocycles. The highest BCUT2D eigenvalue weighted by Crippen LogP contribution is 2.39. The van der Waals surface area contributed by atoms with E-state index in [-0.39, 0.29) is 43.8 Å². The molecule has 1 aliphatic rings. The number of carbonyl (C=O) groups is 1. The van der Waals surface area contributed by atoms with Crippen LogP contribution in [0.15, 0.2) is 51.2 Å². The Labute approximate surface area is 192 Å². The maximum absolute atomic E-state index is 12.7. The molecule has 0 spiro atoms. The van der Waals surface area contributed by atoms with Crippen molar-refractivity contribution in [3.63, 3.8) is 0 Å². The number of hydrogen-bond acceptors (Lipinski definition) is 6. The topological polar surface area (TPSA) is 134 Å². The number of hydrogen-bond donors (Lipinski definition) is 2. The normalized spacial score (nSPS) is 13.9. The number of aryl methyl sites for hydroxylation is 2. The van der Waals surface area contributed by atoms with Crippen LogP contribution in [-0.2, 0) is 18.1 Å². The van der Waals surface area contributed by atoms with E-state index in [4.69, 9.17) is 21.4 Å². The number of halogens is 2. The largest absolute Gasteiger partial charge is 0.494 e. The van der Waals surface area contributed by atoms with Crippen LogP contribution in [0.3, 0.4) is 0 Å². The molecule has 2 heterocycles. The lowest BCUT2D eigenvalue weighted by Gasteiger charge is -2.06. The van der Waals surface area contributed by atoms with Gasteiger partial charge in [0.05, 0.1) is 32.3 Å². The number of nitrogens with zero attached hydrogens (tertiary/aromatic N) is 1. The van der Waals surface area contributed by atoms with Crippen LogP contribution in [0, 0.1) is 13.8 Å². The summed E-state index contributed by atoms with van der Waals surface area (Å²) in [6.07, 6.45) is 0. The minimum Gasteiger partial charge on any atom is -0.494 e. The fourth-order valence-electron chi connectivity index (χ4n) is 3.60. The zero-order valence-electron chi connectivity index (χ0n) is 16.5. The summed E-state index contributed by atoms with van der Waals surface area (Å²) in [5.74, 6) is -1.07. The van der Waals surface area contributed by atoms with Crippen LogP contribution < -0.4 is 0 Å². The second-order valence-electron chi connectivity index (χ2n) is 7.20. The van der Waals surface area contributed by atoms with Crippen LogP contribution in [0.25, 0.3) is 11.3 Å². The molecule has 32 heavy (non-hydrogen) atoms. The summed E-state index contributed by atoms with van der Waals surface area (Å²) >= 11 is 0. The first-order valence-electron chi connectivity index (χ1n) is 8.98. The highest BCUT2D eigenvalue weighted by molar-refractivity contribution is 8.14. The number of aromatic amines is 1. The van der Waals surface area contributed by atoms with Crippen molar-refractivity contribution < 1.29 is 26.7 Å². The zero-order valence-corrected chi connectivity index (χ0v) is 19.6. The van der Waals surface area contributed by atoms with Crippen molar-refractivity contribution in [3.8, 4) is 17.1 Å². The fourth-order valence-corrected chi connectivity index (χ4v) is 6.04. The molecular formula is C20H14Cl2N2O6S2. The third-order valence-electron chi connectivity index (χ3n) is 5.11. The lowest BCUT2D eigenvalue weighted by Crippen LogP contribution is -2.03. The van der Waals surface area contributed by atoms with Crippen LogP contribution in [0.1, 0.15) is 32.6 Å². The van der Waals surface area contributed by atoms with E-state index in [0.717, 1.165) is 0 Å². The Bertz CT molecular complexity index is 1570. The minimum atomic E-state index is -4.05. The molecule has 0 fully saturated rings. The van der Waals surface area contributed by atoms with Gasteiger partial charge in [0.25, 0.3) is 24.0 Å². The third kappa shape index (κ3) is 3.73. The predicted molar refractivity (Wildman–Crippen MR) is 120 cm³/mol. The molecule has 4 rings (SSSR count). The smallest absolute Gasteiger partial charge is 0.280 e. The molecule has 0 saturated carbocycles. The van der Waals surface area contributed by atoms with Crippen LogP contribution in [0.2, 0.25) is 0 Å². The van der Waals surface area contributed by atoms with Crippen molar-refractivity contribution >= 4 is 51.1 Å². The molecule has 0 saturated heterocycles. The first-order chi connectivity index (χ1) is 14.8. The predicted octanol–water partition coefficient (Wildman–Crippen LogP) is 3.85. The van der Waals surface area contributed by atoms with Gasteiger partial charge in [-0.1, -0.05) is 24.3 Å². The van der Waals surface area contributed by atoms with Crippen molar-refractivity contribution in [1.29, 1.82) is 0 Å². The minimum absolute atomic E-state index is 0.0233. The molecular weight excluding hydrogens is 499 g/mol. The van der Waals surface area contributed by atoms with Gasteiger partial charge in [0.2, 0.25) is 0 Å². The van der Waals surface area contributed by atoms with Crippen molar-refractivity contribution in [1.82, 2.24) is 4.98 Å². The summed E-state index contributed by atoms with van der Waals surface area (Å²) in [7, 11) is 2.90. The second kappa shape index (κ2) is 7.45. The molecule has 8 nitrogen and oxygen atoms in total. The molecule has 0 unspecified atom stereocenters. The summed E-state index contributed by atoms with van der Waals surface area (Å²) in [5, 5.41) is 10.6. The molecule has 0 bridgehead atoms. The van der Waals surface area contributed by atoms with Gasteiger partial charge in [0.1, 0.15) is 0 Å². The molecule has 2 aromatic carbocycles. The van der Waals surface area contributed by atoms with Crippen LogP contribution >= 0.6 is 21.4 Å². The molecule has 0 atom stereocenters. The average molecular weight is 513 g/mol. The number of benzene rings is 2. The number of aromatic nitrogens is 1. The van der Waals surface area contributed by atoms with E-state index in [9.17, 15) is 26.7 Å². The van der Waals surface area contributed by atoms with Gasteiger partial charge in [0, 0.05) is 32.5 Å². The molecule has 0 radical (unpaired) electrons. The first kappa shape index (κ1) is 22.5. The number of rotatable bonds is 4. The summed E-state index contributed by atoms with van der Waals surface area (Å²) in [6.45, 7) is 3.14. The first-order valence-corrected chi connectivity index (χ1v) is 13.6. The van der Waals surface area contributed by atoms with E-state index < -0.39 is 24.0 Å². The Balaban J connectivity index is 1.90. The fraction of sp³-hybridized carbons (Fsp3) is 0.100. The number of fused-ring (bicyclic) bond motifs is 1. The van der Waals surface area contributed by atoms with E-state index in [1.54, 1.807) is 26.0 Å². The third-order valence-corrected chi connectivity index (χ3v) is 8.04. The molecule has 3 aromatic rings. The molecule has 12 heteroatoms. The van der Waals surface area contributed by atoms with Gasteiger partial charge in [-0.2, -0.15) is 0 Å². The van der Waals surface area contributed by atoms with Gasteiger partial charge in [0.15, 0.2) is 5.88 Å². The van der Waals surface area contributed by atoms with E-state index >= 15 is 0 Å². The summed E-state index contributed by atoms with van der Waals surface area (Å²) < 4.78 is 47.5. The molecule has 1 amide bonds. The lowest BCUT2D eigenvalue weighted by molar-refractivity contribution is 0.101. The van der Waals surface area contributed by atoms with E-state index in [2.05, 4.69) is 9.98 Å². The van der Waals surface area contributed by atoms with Gasteiger partial charge < -0.3 is 10.1 Å². The molecule has 1 aliphatic heterocycles. The SMILES string of the molecule is Cc1ccc(C2=NC(=O)c3c(-c4ccc(C)c(S(=O)(=O)Cl)c4)[nH]c(O)c32)cc1S(=O)(=O)Cl. The number of carbonyl (C=O) groups excluding carboxylic acids is 1. The van der Waals surface area contributed by atoms with Crippen molar-refractivity contribution in [2.24, 2.45) is 4.99 Å². The van der Waals surface area contributed by atoms with Gasteiger partial charge >= 0.3 is 0 Å². The zero-order chi connectivity index (χ0) is 23.6. The molecule has 166 valence electrons. The summed E-state index contributed by atoms with van der Waals surface area (Å²) in [5.41, 5.74) is 1.68. The molecule has 0 aliphatic carbocycles. The Morgan fingerprint density at radius 3 is 1.88 bits per heavy atom. The monoisotopic (exact) mass is 512 g/mol. The Morgan fingerprint density at radius 1 is 0.844 bits per heavy atom. The highest BCUT2D eigenvalue weighted by atomic mass is 35.7. The average Bonchev–Trinajstić information content (AvgIpc) is 3.19. The van der Waals surface area contributed by atoms with Crippen LogP contribution in [-0.4, -0.2) is 38.5 Å². The van der Waals surface area contributed by atoms with Crippen LogP contribution in [0.5, 0.6) is 5.88 Å². The second-order valence-corrected chi connectivity index (χ2v) is 12.3. The van der Waals surface area contributed by atoms with Crippen LogP contribution in [0.4, 0.5) is 0 Å².